The van der Waals surface area contributed by atoms with E-state index in [0.717, 1.165) is 37.4 Å². The summed E-state index contributed by atoms with van der Waals surface area (Å²) in [6, 6.07) is 5.29. The first kappa shape index (κ1) is 20.4. The number of likely N-dealkylation sites (tertiary alicyclic amines) is 1. The van der Waals surface area contributed by atoms with Crippen molar-refractivity contribution in [3.63, 3.8) is 0 Å². The molecular weight excluding hydrogens is 326 g/mol. The summed E-state index contributed by atoms with van der Waals surface area (Å²) in [4.78, 5) is 27.4. The minimum absolute atomic E-state index is 0.0176. The molecule has 144 valence electrons. The first-order valence-electron chi connectivity index (χ1n) is 9.55. The lowest BCUT2D eigenvalue weighted by molar-refractivity contribution is -0.121. The number of nitrogens with zero attached hydrogens (tertiary/aromatic N) is 1. The molecule has 1 atom stereocenters. The summed E-state index contributed by atoms with van der Waals surface area (Å²) in [5, 5.41) is 5.99. The number of hydrogen-bond donors (Lipinski definition) is 2. The van der Waals surface area contributed by atoms with Crippen LogP contribution in [0.3, 0.4) is 0 Å². The molecule has 0 bridgehead atoms. The molecule has 5 heteroatoms. The summed E-state index contributed by atoms with van der Waals surface area (Å²) < 4.78 is 0. The van der Waals surface area contributed by atoms with Crippen LogP contribution in [0.15, 0.2) is 18.2 Å². The molecule has 2 rings (SSSR count). The number of piperidine rings is 1. The van der Waals surface area contributed by atoms with Crippen molar-refractivity contribution in [1.82, 2.24) is 10.2 Å². The molecule has 1 aliphatic heterocycles. The molecule has 0 spiro atoms. The van der Waals surface area contributed by atoms with Gasteiger partial charge in [0.25, 0.3) is 5.91 Å². The number of hydrogen-bond acceptors (Lipinski definition) is 3. The van der Waals surface area contributed by atoms with E-state index in [4.69, 9.17) is 0 Å². The van der Waals surface area contributed by atoms with Gasteiger partial charge in [-0.3, -0.25) is 14.5 Å². The highest BCUT2D eigenvalue weighted by Gasteiger charge is 2.26. The smallest absolute Gasteiger partial charge is 0.252 e. The van der Waals surface area contributed by atoms with Crippen LogP contribution in [-0.2, 0) is 4.79 Å². The van der Waals surface area contributed by atoms with Crippen molar-refractivity contribution in [2.24, 2.45) is 5.92 Å². The fourth-order valence-electron chi connectivity index (χ4n) is 3.24. The summed E-state index contributed by atoms with van der Waals surface area (Å²) in [5.74, 6) is 0.599. The molecule has 0 unspecified atom stereocenters. The molecule has 2 N–H and O–H groups in total. The van der Waals surface area contributed by atoms with Crippen molar-refractivity contribution >= 4 is 17.5 Å². The second-order valence-electron chi connectivity index (χ2n) is 8.57. The lowest BCUT2D eigenvalue weighted by atomic mass is 9.98. The van der Waals surface area contributed by atoms with Gasteiger partial charge in [-0.1, -0.05) is 13.0 Å². The van der Waals surface area contributed by atoms with E-state index in [-0.39, 0.29) is 23.4 Å². The van der Waals surface area contributed by atoms with Gasteiger partial charge in [-0.15, -0.1) is 0 Å². The number of benzene rings is 1. The van der Waals surface area contributed by atoms with Crippen molar-refractivity contribution in [3.05, 3.63) is 29.3 Å². The molecule has 1 aromatic rings. The van der Waals surface area contributed by atoms with E-state index < -0.39 is 0 Å². The normalized spacial score (nSPS) is 17.6. The highest BCUT2D eigenvalue weighted by atomic mass is 16.2. The molecule has 26 heavy (non-hydrogen) atoms. The topological polar surface area (TPSA) is 61.4 Å². The maximum Gasteiger partial charge on any atom is 0.252 e. The van der Waals surface area contributed by atoms with Crippen molar-refractivity contribution in [2.75, 3.05) is 18.4 Å². The first-order chi connectivity index (χ1) is 12.1. The van der Waals surface area contributed by atoms with E-state index in [9.17, 15) is 9.59 Å². The van der Waals surface area contributed by atoms with Gasteiger partial charge < -0.3 is 10.6 Å². The Morgan fingerprint density at radius 2 is 1.81 bits per heavy atom. The molecule has 0 aromatic heterocycles. The molecular formula is C21H33N3O2. The van der Waals surface area contributed by atoms with Gasteiger partial charge in [0.1, 0.15) is 0 Å². The van der Waals surface area contributed by atoms with E-state index in [1.165, 1.54) is 0 Å². The van der Waals surface area contributed by atoms with Gasteiger partial charge in [0.15, 0.2) is 0 Å². The highest BCUT2D eigenvalue weighted by Crippen LogP contribution is 2.22. The fourth-order valence-corrected chi connectivity index (χ4v) is 3.24. The van der Waals surface area contributed by atoms with E-state index in [2.05, 4.69) is 22.5 Å². The molecule has 0 saturated carbocycles. The third kappa shape index (κ3) is 5.31. The molecule has 2 amide bonds. The predicted molar refractivity (Wildman–Crippen MR) is 106 cm³/mol. The third-order valence-electron chi connectivity index (χ3n) is 5.07. The van der Waals surface area contributed by atoms with Crippen molar-refractivity contribution in [3.8, 4) is 0 Å². The number of nitrogens with one attached hydrogen (secondary N) is 2. The summed E-state index contributed by atoms with van der Waals surface area (Å²) in [7, 11) is 0. The highest BCUT2D eigenvalue weighted by molar-refractivity contribution is 6.00. The van der Waals surface area contributed by atoms with Gasteiger partial charge >= 0.3 is 0 Å². The maximum atomic E-state index is 12.7. The Labute approximate surface area is 157 Å². The monoisotopic (exact) mass is 359 g/mol. The molecule has 1 aliphatic rings. The van der Waals surface area contributed by atoms with Crippen molar-refractivity contribution in [1.29, 1.82) is 0 Å². The van der Waals surface area contributed by atoms with E-state index >= 15 is 0 Å². The van der Waals surface area contributed by atoms with Crippen molar-refractivity contribution < 1.29 is 9.59 Å². The van der Waals surface area contributed by atoms with Crippen LogP contribution in [-0.4, -0.2) is 41.4 Å². The second kappa shape index (κ2) is 8.21. The molecule has 1 saturated heterocycles. The fraction of sp³-hybridized carbons (Fsp3) is 0.619. The van der Waals surface area contributed by atoms with Crippen LogP contribution in [0.25, 0.3) is 0 Å². The molecule has 0 aliphatic carbocycles. The van der Waals surface area contributed by atoms with E-state index in [1.54, 1.807) is 6.07 Å². The third-order valence-corrected chi connectivity index (χ3v) is 5.07. The first-order valence-corrected chi connectivity index (χ1v) is 9.55. The molecule has 1 aromatic carbocycles. The summed E-state index contributed by atoms with van der Waals surface area (Å²) in [6.45, 7) is 13.9. The van der Waals surface area contributed by atoms with Crippen LogP contribution in [0.2, 0.25) is 0 Å². The second-order valence-corrected chi connectivity index (χ2v) is 8.57. The number of anilines is 1. The summed E-state index contributed by atoms with van der Waals surface area (Å²) in [6.07, 6.45) is 2.28. The van der Waals surface area contributed by atoms with E-state index in [1.807, 2.05) is 46.8 Å². The summed E-state index contributed by atoms with van der Waals surface area (Å²) >= 11 is 0. The number of carbonyl (C=O) groups is 2. The Bertz CT molecular complexity index is 656. The number of rotatable bonds is 4. The zero-order valence-corrected chi connectivity index (χ0v) is 17.0. The maximum absolute atomic E-state index is 12.7. The predicted octanol–water partition coefficient (Wildman–Crippen LogP) is 3.58. The minimum Gasteiger partial charge on any atom is -0.347 e. The largest absolute Gasteiger partial charge is 0.347 e. The van der Waals surface area contributed by atoms with Gasteiger partial charge in [0.05, 0.1) is 6.04 Å². The molecule has 1 heterocycles. The molecule has 5 nitrogen and oxygen atoms in total. The zero-order chi connectivity index (χ0) is 19.5. The van der Waals surface area contributed by atoms with E-state index in [0.29, 0.717) is 11.3 Å². The quantitative estimate of drug-likeness (QED) is 0.864. The van der Waals surface area contributed by atoms with Gasteiger partial charge in [-0.25, -0.2) is 0 Å². The lowest BCUT2D eigenvalue weighted by Gasteiger charge is -2.34. The number of carbonyl (C=O) groups excluding carboxylic acids is 2. The van der Waals surface area contributed by atoms with Crippen LogP contribution in [0.5, 0.6) is 0 Å². The Hall–Kier alpha value is -1.88. The van der Waals surface area contributed by atoms with Crippen LogP contribution in [0.1, 0.15) is 63.4 Å². The van der Waals surface area contributed by atoms with Crippen LogP contribution in [0, 0.1) is 12.8 Å². The SMILES string of the molecule is Cc1c(NC(=O)[C@@H](C)N2CCC(C)CC2)cccc1C(=O)NC(C)(C)C. The molecule has 1 fully saturated rings. The standard InChI is InChI=1S/C21H33N3O2/c1-14-10-12-24(13-11-14)16(3)19(25)22-18-9-7-8-17(15(18)2)20(26)23-21(4,5)6/h7-9,14,16H,10-13H2,1-6H3,(H,22,25)(H,23,26)/t16-/m1/s1. The number of amides is 2. The summed E-state index contributed by atoms with van der Waals surface area (Å²) in [5.41, 5.74) is 1.79. The van der Waals surface area contributed by atoms with Crippen LogP contribution in [0.4, 0.5) is 5.69 Å². The Morgan fingerprint density at radius 3 is 2.38 bits per heavy atom. The van der Waals surface area contributed by atoms with Crippen molar-refractivity contribution in [2.45, 2.75) is 66.0 Å². The Morgan fingerprint density at radius 1 is 1.19 bits per heavy atom. The average Bonchev–Trinajstić information content (AvgIpc) is 2.55. The minimum atomic E-state index is -0.303. The molecule has 0 radical (unpaired) electrons. The zero-order valence-electron chi connectivity index (χ0n) is 17.0. The van der Waals surface area contributed by atoms with Gasteiger partial charge in [0.2, 0.25) is 5.91 Å². The van der Waals surface area contributed by atoms with Crippen LogP contribution < -0.4 is 10.6 Å². The Kier molecular flexibility index (Phi) is 6.45. The average molecular weight is 360 g/mol. The lowest BCUT2D eigenvalue weighted by Crippen LogP contribution is -2.46. The van der Waals surface area contributed by atoms with Gasteiger partial charge in [0, 0.05) is 16.8 Å². The Balaban J connectivity index is 2.08. The van der Waals surface area contributed by atoms with Gasteiger partial charge in [-0.2, -0.15) is 0 Å². The van der Waals surface area contributed by atoms with Gasteiger partial charge in [-0.05, 0) is 84.2 Å². The van der Waals surface area contributed by atoms with Crippen LogP contribution >= 0.6 is 0 Å².